The van der Waals surface area contributed by atoms with Crippen molar-refractivity contribution in [3.05, 3.63) is 35.4 Å². The number of carbonyl (C=O) groups excluding carboxylic acids is 1. The van der Waals surface area contributed by atoms with E-state index in [0.717, 1.165) is 12.8 Å². The van der Waals surface area contributed by atoms with E-state index in [0.29, 0.717) is 18.9 Å². The molecule has 2 aliphatic heterocycles. The van der Waals surface area contributed by atoms with Crippen LogP contribution in [0.25, 0.3) is 0 Å². The zero-order chi connectivity index (χ0) is 19.8. The topological polar surface area (TPSA) is 105 Å². The first kappa shape index (κ1) is 21.3. The van der Waals surface area contributed by atoms with Crippen molar-refractivity contribution < 1.29 is 29.3 Å². The normalized spacial score (nSPS) is 26.2. The average Bonchev–Trinajstić information content (AvgIpc) is 3.20. The van der Waals surface area contributed by atoms with Gasteiger partial charge in [-0.25, -0.2) is 0 Å². The molecule has 1 aromatic carbocycles. The standard InChI is InChI=1S/C19H27NO4.CH2O2/c1-12(2)14-8-6-13(7-9-14)4-3-5-17(22)20-15-10-23-19-16(21)11-24-18(15)19;2-1-3/h6-9,12,15-16,18-19,21H,3-5,10-11H2,1-2H3,(H,20,22);1H,(H,2,3)/t15-,16-,18-,19-;/m1./s1. The second-order valence-electron chi connectivity index (χ2n) is 7.19. The molecule has 1 amide bonds. The van der Waals surface area contributed by atoms with E-state index >= 15 is 0 Å². The minimum atomic E-state index is -0.578. The Morgan fingerprint density at radius 2 is 1.85 bits per heavy atom. The van der Waals surface area contributed by atoms with Gasteiger partial charge in [-0.1, -0.05) is 38.1 Å². The Labute approximate surface area is 159 Å². The summed E-state index contributed by atoms with van der Waals surface area (Å²) in [5.74, 6) is 0.562. The molecule has 3 rings (SSSR count). The van der Waals surface area contributed by atoms with Gasteiger partial charge in [0.25, 0.3) is 6.47 Å². The third-order valence-electron chi connectivity index (χ3n) is 4.89. The molecule has 0 unspecified atom stereocenters. The number of hydrogen-bond donors (Lipinski definition) is 3. The lowest BCUT2D eigenvalue weighted by Gasteiger charge is -2.17. The van der Waals surface area contributed by atoms with Crippen LogP contribution in [0, 0.1) is 0 Å². The largest absolute Gasteiger partial charge is 0.483 e. The molecule has 150 valence electrons. The average molecular weight is 379 g/mol. The van der Waals surface area contributed by atoms with Gasteiger partial charge in [0.05, 0.1) is 19.3 Å². The fourth-order valence-electron chi connectivity index (χ4n) is 3.40. The number of hydrogen-bond acceptors (Lipinski definition) is 5. The van der Waals surface area contributed by atoms with Gasteiger partial charge < -0.3 is 25.0 Å². The van der Waals surface area contributed by atoms with Gasteiger partial charge >= 0.3 is 0 Å². The third kappa shape index (κ3) is 6.02. The molecule has 0 spiro atoms. The Morgan fingerprint density at radius 3 is 2.48 bits per heavy atom. The first-order valence-corrected chi connectivity index (χ1v) is 9.33. The highest BCUT2D eigenvalue weighted by molar-refractivity contribution is 5.76. The van der Waals surface area contributed by atoms with Crippen LogP contribution in [0.4, 0.5) is 0 Å². The number of ether oxygens (including phenoxy) is 2. The molecule has 2 saturated heterocycles. The number of aliphatic hydroxyl groups is 1. The first-order chi connectivity index (χ1) is 13.0. The van der Waals surface area contributed by atoms with E-state index in [1.165, 1.54) is 11.1 Å². The van der Waals surface area contributed by atoms with E-state index in [9.17, 15) is 9.90 Å². The molecule has 7 nitrogen and oxygen atoms in total. The van der Waals surface area contributed by atoms with Gasteiger partial charge in [0.1, 0.15) is 18.3 Å². The summed E-state index contributed by atoms with van der Waals surface area (Å²) in [6, 6.07) is 8.48. The summed E-state index contributed by atoms with van der Waals surface area (Å²) < 4.78 is 11.0. The van der Waals surface area contributed by atoms with E-state index in [-0.39, 0.29) is 37.2 Å². The van der Waals surface area contributed by atoms with Crippen LogP contribution in [-0.4, -0.2) is 60.2 Å². The number of rotatable bonds is 6. The zero-order valence-electron chi connectivity index (χ0n) is 15.8. The zero-order valence-corrected chi connectivity index (χ0v) is 15.8. The van der Waals surface area contributed by atoms with E-state index in [1.54, 1.807) is 0 Å². The molecule has 0 aromatic heterocycles. The lowest BCUT2D eigenvalue weighted by atomic mass is 10.00. The number of carboxylic acid groups (broad SMARTS) is 1. The van der Waals surface area contributed by atoms with Crippen molar-refractivity contribution in [3.8, 4) is 0 Å². The number of aryl methyl sites for hydroxylation is 1. The fraction of sp³-hybridized carbons (Fsp3) is 0.600. The summed E-state index contributed by atoms with van der Waals surface area (Å²) in [7, 11) is 0. The molecule has 2 aliphatic rings. The van der Waals surface area contributed by atoms with Gasteiger partial charge in [0, 0.05) is 6.42 Å². The van der Waals surface area contributed by atoms with E-state index in [2.05, 4.69) is 43.4 Å². The third-order valence-corrected chi connectivity index (χ3v) is 4.89. The summed E-state index contributed by atoms with van der Waals surface area (Å²) >= 11 is 0. The summed E-state index contributed by atoms with van der Waals surface area (Å²) in [6.07, 6.45) is 1.11. The molecule has 0 radical (unpaired) electrons. The number of amides is 1. The Kier molecular flexibility index (Phi) is 8.22. The molecule has 0 saturated carbocycles. The quantitative estimate of drug-likeness (QED) is 0.647. The van der Waals surface area contributed by atoms with E-state index in [4.69, 9.17) is 19.4 Å². The summed E-state index contributed by atoms with van der Waals surface area (Å²) in [6.45, 7) is 4.82. The van der Waals surface area contributed by atoms with Crippen LogP contribution in [0.2, 0.25) is 0 Å². The summed E-state index contributed by atoms with van der Waals surface area (Å²) in [4.78, 5) is 20.5. The maximum atomic E-state index is 12.1. The van der Waals surface area contributed by atoms with Gasteiger partial charge in [0.15, 0.2) is 0 Å². The van der Waals surface area contributed by atoms with Crippen molar-refractivity contribution in [2.75, 3.05) is 13.2 Å². The number of carbonyl (C=O) groups is 2. The van der Waals surface area contributed by atoms with Crippen LogP contribution in [0.15, 0.2) is 24.3 Å². The lowest BCUT2D eigenvalue weighted by molar-refractivity contribution is -0.123. The molecule has 2 fully saturated rings. The number of aliphatic hydroxyl groups excluding tert-OH is 1. The SMILES string of the molecule is CC(C)c1ccc(CCCC(=O)N[C@@H]2CO[C@H]3[C@@H]2OC[C@H]3O)cc1.O=CO. The molecule has 2 heterocycles. The predicted octanol–water partition coefficient (Wildman–Crippen LogP) is 1.48. The van der Waals surface area contributed by atoms with Gasteiger partial charge in [-0.3, -0.25) is 9.59 Å². The highest BCUT2D eigenvalue weighted by Gasteiger charge is 2.47. The number of fused-ring (bicyclic) bond motifs is 1. The van der Waals surface area contributed by atoms with Gasteiger partial charge in [-0.2, -0.15) is 0 Å². The lowest BCUT2D eigenvalue weighted by Crippen LogP contribution is -2.44. The van der Waals surface area contributed by atoms with Crippen molar-refractivity contribution in [1.82, 2.24) is 5.32 Å². The van der Waals surface area contributed by atoms with Gasteiger partial charge in [-0.05, 0) is 29.9 Å². The number of benzene rings is 1. The first-order valence-electron chi connectivity index (χ1n) is 9.33. The molecule has 0 aliphatic carbocycles. The predicted molar refractivity (Wildman–Crippen MR) is 99.6 cm³/mol. The van der Waals surface area contributed by atoms with Crippen LogP contribution < -0.4 is 5.32 Å². The van der Waals surface area contributed by atoms with Crippen molar-refractivity contribution in [3.63, 3.8) is 0 Å². The van der Waals surface area contributed by atoms with Crippen molar-refractivity contribution in [2.45, 2.75) is 63.4 Å². The van der Waals surface area contributed by atoms with Gasteiger partial charge in [0.2, 0.25) is 5.91 Å². The highest BCUT2D eigenvalue weighted by atomic mass is 16.6. The van der Waals surface area contributed by atoms with E-state index in [1.807, 2.05) is 0 Å². The molecule has 1 aromatic rings. The Morgan fingerprint density at radius 1 is 1.22 bits per heavy atom. The molecule has 4 atom stereocenters. The van der Waals surface area contributed by atoms with Crippen LogP contribution in [-0.2, 0) is 25.5 Å². The smallest absolute Gasteiger partial charge is 0.290 e. The fourth-order valence-corrected chi connectivity index (χ4v) is 3.40. The molecule has 27 heavy (non-hydrogen) atoms. The maximum Gasteiger partial charge on any atom is 0.290 e. The second-order valence-corrected chi connectivity index (χ2v) is 7.19. The molecule has 3 N–H and O–H groups in total. The Hall–Kier alpha value is -1.96. The number of nitrogens with one attached hydrogen (secondary N) is 1. The minimum Gasteiger partial charge on any atom is -0.483 e. The Balaban J connectivity index is 0.000000817. The van der Waals surface area contributed by atoms with Gasteiger partial charge in [-0.15, -0.1) is 0 Å². The second kappa shape index (κ2) is 10.4. The Bertz CT molecular complexity index is 603. The molecular weight excluding hydrogens is 350 g/mol. The van der Waals surface area contributed by atoms with Crippen molar-refractivity contribution >= 4 is 12.4 Å². The highest BCUT2D eigenvalue weighted by Crippen LogP contribution is 2.27. The van der Waals surface area contributed by atoms with Crippen LogP contribution >= 0.6 is 0 Å². The van der Waals surface area contributed by atoms with Crippen molar-refractivity contribution in [1.29, 1.82) is 0 Å². The molecule has 7 heteroatoms. The van der Waals surface area contributed by atoms with Crippen LogP contribution in [0.1, 0.15) is 43.7 Å². The monoisotopic (exact) mass is 379 g/mol. The molecule has 0 bridgehead atoms. The van der Waals surface area contributed by atoms with Crippen molar-refractivity contribution in [2.24, 2.45) is 0 Å². The van der Waals surface area contributed by atoms with Crippen LogP contribution in [0.5, 0.6) is 0 Å². The molecular formula is C20H29NO6. The summed E-state index contributed by atoms with van der Waals surface area (Å²) in [5.41, 5.74) is 2.60. The summed E-state index contributed by atoms with van der Waals surface area (Å²) in [5, 5.41) is 19.6. The van der Waals surface area contributed by atoms with Crippen LogP contribution in [0.3, 0.4) is 0 Å². The minimum absolute atomic E-state index is 0.0213. The maximum absolute atomic E-state index is 12.1. The van der Waals surface area contributed by atoms with E-state index < -0.39 is 6.10 Å².